The molecule has 2 aromatic rings. The molecule has 3 rings (SSSR count). The van der Waals surface area contributed by atoms with Crippen LogP contribution in [0.25, 0.3) is 0 Å². The first-order valence-corrected chi connectivity index (χ1v) is 11.1. The molecule has 0 saturated carbocycles. The maximum absolute atomic E-state index is 13.5. The van der Waals surface area contributed by atoms with Crippen molar-refractivity contribution in [2.24, 2.45) is 0 Å². The number of sulfonamides is 1. The van der Waals surface area contributed by atoms with Crippen LogP contribution in [0.3, 0.4) is 0 Å². The van der Waals surface area contributed by atoms with Gasteiger partial charge in [0.15, 0.2) is 11.5 Å². The van der Waals surface area contributed by atoms with E-state index in [0.29, 0.717) is 18.0 Å². The van der Waals surface area contributed by atoms with Crippen LogP contribution in [-0.4, -0.2) is 33.5 Å². The first-order valence-electron chi connectivity index (χ1n) is 8.77. The lowest BCUT2D eigenvalue weighted by Gasteiger charge is -2.29. The second-order valence-corrected chi connectivity index (χ2v) is 9.30. The summed E-state index contributed by atoms with van der Waals surface area (Å²) in [6.45, 7) is 2.59. The maximum Gasteiger partial charge on any atom is 0.243 e. The van der Waals surface area contributed by atoms with Gasteiger partial charge in [-0.25, -0.2) is 8.42 Å². The van der Waals surface area contributed by atoms with Gasteiger partial charge >= 0.3 is 0 Å². The minimum atomic E-state index is -3.63. The Balaban J connectivity index is 2.04. The van der Waals surface area contributed by atoms with Gasteiger partial charge in [-0.05, 0) is 48.9 Å². The highest BCUT2D eigenvalue weighted by atomic mass is 32.2. The highest BCUT2D eigenvalue weighted by Crippen LogP contribution is 2.39. The van der Waals surface area contributed by atoms with Gasteiger partial charge in [-0.15, -0.1) is 11.3 Å². The number of benzene rings is 1. The van der Waals surface area contributed by atoms with Crippen LogP contribution >= 0.6 is 11.3 Å². The van der Waals surface area contributed by atoms with Crippen molar-refractivity contribution in [1.82, 2.24) is 4.31 Å². The largest absolute Gasteiger partial charge is 0.493 e. The van der Waals surface area contributed by atoms with Crippen LogP contribution < -0.4 is 9.47 Å². The van der Waals surface area contributed by atoms with E-state index in [2.05, 4.69) is 13.0 Å². The van der Waals surface area contributed by atoms with Gasteiger partial charge in [-0.1, -0.05) is 12.8 Å². The molecule has 142 valence electrons. The molecule has 1 aliphatic heterocycles. The molecule has 1 fully saturated rings. The molecule has 0 unspecified atom stereocenters. The molecule has 5 nitrogen and oxygen atoms in total. The summed E-state index contributed by atoms with van der Waals surface area (Å²) >= 11 is 1.64. The Labute approximate surface area is 159 Å². The van der Waals surface area contributed by atoms with E-state index in [1.54, 1.807) is 33.8 Å². The summed E-state index contributed by atoms with van der Waals surface area (Å²) in [6.07, 6.45) is 3.83. The Kier molecular flexibility index (Phi) is 5.89. The van der Waals surface area contributed by atoms with Crippen LogP contribution in [0.2, 0.25) is 0 Å². The molecule has 0 radical (unpaired) electrons. The van der Waals surface area contributed by atoms with Gasteiger partial charge in [0, 0.05) is 17.5 Å². The van der Waals surface area contributed by atoms with Crippen molar-refractivity contribution in [1.29, 1.82) is 0 Å². The molecule has 0 N–H and O–H groups in total. The predicted octanol–water partition coefficient (Wildman–Crippen LogP) is 4.38. The Hall–Kier alpha value is -1.57. The number of ether oxygens (including phenoxy) is 2. The van der Waals surface area contributed by atoms with E-state index in [1.165, 1.54) is 14.2 Å². The third kappa shape index (κ3) is 3.61. The Morgan fingerprint density at radius 2 is 1.85 bits per heavy atom. The van der Waals surface area contributed by atoms with Gasteiger partial charge in [0.05, 0.1) is 25.2 Å². The van der Waals surface area contributed by atoms with E-state index in [9.17, 15) is 8.42 Å². The molecular weight excluding hydrogens is 370 g/mol. The van der Waals surface area contributed by atoms with Gasteiger partial charge < -0.3 is 9.47 Å². The van der Waals surface area contributed by atoms with Crippen molar-refractivity contribution in [3.05, 3.63) is 40.1 Å². The van der Waals surface area contributed by atoms with Gasteiger partial charge in [-0.3, -0.25) is 0 Å². The molecular formula is C19H25NO4S2. The first-order chi connectivity index (χ1) is 12.5. The molecule has 0 spiro atoms. The van der Waals surface area contributed by atoms with E-state index < -0.39 is 10.0 Å². The fraction of sp³-hybridized carbons (Fsp3) is 0.474. The van der Waals surface area contributed by atoms with Crippen molar-refractivity contribution in [3.63, 3.8) is 0 Å². The quantitative estimate of drug-likeness (QED) is 0.754. The molecule has 1 aromatic heterocycles. The molecule has 0 bridgehead atoms. The zero-order valence-corrected chi connectivity index (χ0v) is 17.0. The van der Waals surface area contributed by atoms with Crippen LogP contribution in [0, 0.1) is 6.92 Å². The van der Waals surface area contributed by atoms with Gasteiger partial charge in [0.1, 0.15) is 0 Å². The summed E-state index contributed by atoms with van der Waals surface area (Å²) in [5, 5.41) is 2.04. The number of aryl methyl sites for hydroxylation is 1. The summed E-state index contributed by atoms with van der Waals surface area (Å²) in [7, 11) is -0.580. The summed E-state index contributed by atoms with van der Waals surface area (Å²) in [6, 6.07) is 6.76. The zero-order chi connectivity index (χ0) is 18.7. The molecule has 7 heteroatoms. The molecule has 1 aromatic carbocycles. The maximum atomic E-state index is 13.5. The van der Waals surface area contributed by atoms with Gasteiger partial charge in [0.25, 0.3) is 0 Å². The van der Waals surface area contributed by atoms with Crippen LogP contribution in [0.5, 0.6) is 11.5 Å². The summed E-state index contributed by atoms with van der Waals surface area (Å²) in [4.78, 5) is 1.40. The smallest absolute Gasteiger partial charge is 0.243 e. The predicted molar refractivity (Wildman–Crippen MR) is 104 cm³/mol. The highest BCUT2D eigenvalue weighted by Gasteiger charge is 2.35. The lowest BCUT2D eigenvalue weighted by atomic mass is 10.1. The minimum Gasteiger partial charge on any atom is -0.493 e. The number of nitrogens with zero attached hydrogens (tertiary/aromatic N) is 1. The van der Waals surface area contributed by atoms with Crippen molar-refractivity contribution < 1.29 is 17.9 Å². The first kappa shape index (κ1) is 19.2. The Bertz CT molecular complexity index is 860. The molecule has 0 aliphatic carbocycles. The Morgan fingerprint density at radius 3 is 2.50 bits per heavy atom. The van der Waals surface area contributed by atoms with Crippen molar-refractivity contribution in [2.75, 3.05) is 20.8 Å². The lowest BCUT2D eigenvalue weighted by Crippen LogP contribution is -2.34. The van der Waals surface area contributed by atoms with E-state index >= 15 is 0 Å². The van der Waals surface area contributed by atoms with E-state index in [0.717, 1.165) is 36.1 Å². The van der Waals surface area contributed by atoms with E-state index in [-0.39, 0.29) is 10.9 Å². The summed E-state index contributed by atoms with van der Waals surface area (Å²) in [5.41, 5.74) is 1.16. The lowest BCUT2D eigenvalue weighted by molar-refractivity contribution is 0.331. The molecule has 1 atom stereocenters. The van der Waals surface area contributed by atoms with Crippen LogP contribution in [0.1, 0.15) is 42.2 Å². The molecule has 0 amide bonds. The summed E-state index contributed by atoms with van der Waals surface area (Å²) < 4.78 is 39.1. The van der Waals surface area contributed by atoms with Crippen molar-refractivity contribution in [3.8, 4) is 11.5 Å². The van der Waals surface area contributed by atoms with Crippen molar-refractivity contribution in [2.45, 2.75) is 43.5 Å². The normalized spacial score (nSPS) is 19.1. The Morgan fingerprint density at radius 1 is 1.08 bits per heavy atom. The number of thiophene rings is 1. The highest BCUT2D eigenvalue weighted by molar-refractivity contribution is 7.89. The number of hydrogen-bond donors (Lipinski definition) is 0. The zero-order valence-electron chi connectivity index (χ0n) is 15.4. The fourth-order valence-corrected chi connectivity index (χ4v) is 6.29. The summed E-state index contributed by atoms with van der Waals surface area (Å²) in [5.74, 6) is 0.945. The molecule has 1 saturated heterocycles. The van der Waals surface area contributed by atoms with Crippen LogP contribution in [-0.2, 0) is 10.0 Å². The minimum absolute atomic E-state index is 0.101. The standard InChI is InChI=1S/C19H25NO4S2/c1-14-10-12-25-19(14)16-7-5-4-6-11-20(16)26(21,22)15-8-9-17(23-2)18(13-15)24-3/h8-10,12-13,16H,4-7,11H2,1-3H3/t16-/m1/s1. The average Bonchev–Trinajstić information content (AvgIpc) is 2.92. The topological polar surface area (TPSA) is 55.8 Å². The number of methoxy groups -OCH3 is 2. The third-order valence-corrected chi connectivity index (χ3v) is 7.89. The monoisotopic (exact) mass is 395 g/mol. The third-order valence-electron chi connectivity index (χ3n) is 4.87. The molecule has 26 heavy (non-hydrogen) atoms. The van der Waals surface area contributed by atoms with Gasteiger partial charge in [-0.2, -0.15) is 4.31 Å². The number of rotatable bonds is 5. The fourth-order valence-electron chi connectivity index (χ4n) is 3.47. The van der Waals surface area contributed by atoms with E-state index in [1.807, 2.05) is 5.38 Å². The van der Waals surface area contributed by atoms with E-state index in [4.69, 9.17) is 9.47 Å². The van der Waals surface area contributed by atoms with Crippen LogP contribution in [0.15, 0.2) is 34.5 Å². The second-order valence-electron chi connectivity index (χ2n) is 6.47. The van der Waals surface area contributed by atoms with Crippen molar-refractivity contribution >= 4 is 21.4 Å². The number of hydrogen-bond acceptors (Lipinski definition) is 5. The second kappa shape index (κ2) is 7.98. The average molecular weight is 396 g/mol. The molecule has 2 heterocycles. The van der Waals surface area contributed by atoms with Gasteiger partial charge in [0.2, 0.25) is 10.0 Å². The molecule has 1 aliphatic rings. The SMILES string of the molecule is COc1ccc(S(=O)(=O)N2CCCCC[C@@H]2c2sccc2C)cc1OC. The van der Waals surface area contributed by atoms with Crippen LogP contribution in [0.4, 0.5) is 0 Å².